The summed E-state index contributed by atoms with van der Waals surface area (Å²) >= 11 is 2.57. The van der Waals surface area contributed by atoms with Crippen molar-refractivity contribution < 1.29 is 19.1 Å². The van der Waals surface area contributed by atoms with E-state index in [1.165, 1.54) is 29.8 Å². The predicted molar refractivity (Wildman–Crippen MR) is 120 cm³/mol. The average molecular weight is 453 g/mol. The number of thiazole rings is 1. The first kappa shape index (κ1) is 20.5. The minimum Gasteiger partial charge on any atom is -0.464 e. The topological polar surface area (TPSA) is 113 Å². The van der Waals surface area contributed by atoms with Gasteiger partial charge in [0.1, 0.15) is 5.69 Å². The number of esters is 1. The number of para-hydroxylation sites is 1. The zero-order valence-electron chi connectivity index (χ0n) is 16.2. The number of aromatic nitrogens is 2. The molecule has 3 N–H and O–H groups in total. The molecule has 3 heterocycles. The van der Waals surface area contributed by atoms with Crippen LogP contribution in [0.2, 0.25) is 0 Å². The minimum atomic E-state index is -0.476. The highest BCUT2D eigenvalue weighted by Crippen LogP contribution is 2.27. The molecule has 10 heteroatoms. The standard InChI is InChI=1S/C21H16N4O4S2/c1-29-20(28)15-9-12(10-22-15)16-11-31-21(24-16)25-18(26)13-5-2-3-6-14(13)23-19(27)17-7-4-8-30-17/h2-11,22H,1H3,(H,23,27)(H,24,25,26). The van der Waals surface area contributed by atoms with Crippen molar-refractivity contribution in [3.63, 3.8) is 0 Å². The second kappa shape index (κ2) is 8.94. The Balaban J connectivity index is 1.49. The van der Waals surface area contributed by atoms with Gasteiger partial charge in [-0.1, -0.05) is 18.2 Å². The lowest BCUT2D eigenvalue weighted by atomic mass is 10.1. The Hall–Kier alpha value is -3.76. The molecule has 4 aromatic rings. The van der Waals surface area contributed by atoms with Crippen molar-refractivity contribution >= 4 is 51.3 Å². The molecule has 0 unspecified atom stereocenters. The number of benzene rings is 1. The monoisotopic (exact) mass is 452 g/mol. The van der Waals surface area contributed by atoms with Crippen LogP contribution in [-0.4, -0.2) is 34.9 Å². The van der Waals surface area contributed by atoms with Crippen LogP contribution < -0.4 is 10.6 Å². The molecule has 0 radical (unpaired) electrons. The largest absolute Gasteiger partial charge is 0.464 e. The number of carbonyl (C=O) groups excluding carboxylic acids is 3. The number of nitrogens with zero attached hydrogens (tertiary/aromatic N) is 1. The highest BCUT2D eigenvalue weighted by molar-refractivity contribution is 7.14. The van der Waals surface area contributed by atoms with Crippen LogP contribution in [0.25, 0.3) is 11.3 Å². The van der Waals surface area contributed by atoms with E-state index < -0.39 is 11.9 Å². The van der Waals surface area contributed by atoms with E-state index in [4.69, 9.17) is 0 Å². The second-order valence-corrected chi connectivity index (χ2v) is 8.07. The van der Waals surface area contributed by atoms with Gasteiger partial charge in [0, 0.05) is 17.1 Å². The number of hydrogen-bond acceptors (Lipinski definition) is 7. The summed E-state index contributed by atoms with van der Waals surface area (Å²) in [5.41, 5.74) is 2.33. The summed E-state index contributed by atoms with van der Waals surface area (Å²) in [5, 5.41) is 9.50. The molecule has 156 valence electrons. The van der Waals surface area contributed by atoms with Gasteiger partial charge >= 0.3 is 5.97 Å². The average Bonchev–Trinajstić information content (AvgIpc) is 3.54. The van der Waals surface area contributed by atoms with Crippen LogP contribution in [-0.2, 0) is 4.74 Å². The third kappa shape index (κ3) is 4.55. The van der Waals surface area contributed by atoms with Crippen molar-refractivity contribution in [2.75, 3.05) is 17.7 Å². The Labute approximate surface area is 184 Å². The third-order valence-electron chi connectivity index (χ3n) is 4.27. The molecule has 0 bridgehead atoms. The molecule has 0 aliphatic rings. The van der Waals surface area contributed by atoms with Gasteiger partial charge in [0.15, 0.2) is 5.13 Å². The summed E-state index contributed by atoms with van der Waals surface area (Å²) < 4.78 is 4.68. The number of anilines is 2. The van der Waals surface area contributed by atoms with Crippen LogP contribution in [0.4, 0.5) is 10.8 Å². The molecule has 3 aromatic heterocycles. The summed E-state index contributed by atoms with van der Waals surface area (Å²) in [6, 6.07) is 11.9. The zero-order valence-corrected chi connectivity index (χ0v) is 17.8. The van der Waals surface area contributed by atoms with Gasteiger partial charge in [-0.05, 0) is 29.6 Å². The van der Waals surface area contributed by atoms with E-state index in [1.54, 1.807) is 54.0 Å². The fourth-order valence-corrected chi connectivity index (χ4v) is 4.11. The highest BCUT2D eigenvalue weighted by atomic mass is 32.1. The molecule has 0 saturated heterocycles. The molecule has 4 rings (SSSR count). The van der Waals surface area contributed by atoms with Gasteiger partial charge in [-0.15, -0.1) is 22.7 Å². The molecule has 0 atom stereocenters. The van der Waals surface area contributed by atoms with Gasteiger partial charge in [0.25, 0.3) is 11.8 Å². The first-order valence-electron chi connectivity index (χ1n) is 9.03. The van der Waals surface area contributed by atoms with E-state index in [1.807, 2.05) is 5.38 Å². The number of nitrogens with one attached hydrogen (secondary N) is 3. The van der Waals surface area contributed by atoms with Gasteiger partial charge < -0.3 is 15.0 Å². The van der Waals surface area contributed by atoms with Crippen molar-refractivity contribution in [1.82, 2.24) is 9.97 Å². The summed E-state index contributed by atoms with van der Waals surface area (Å²) in [6.07, 6.45) is 1.64. The molecule has 0 spiro atoms. The molecule has 1 aromatic carbocycles. The maximum absolute atomic E-state index is 12.8. The molecular formula is C21H16N4O4S2. The number of rotatable bonds is 6. The van der Waals surface area contributed by atoms with Gasteiger partial charge in [-0.2, -0.15) is 0 Å². The number of carbonyl (C=O) groups is 3. The molecule has 0 saturated carbocycles. The molecule has 0 aliphatic carbocycles. The van der Waals surface area contributed by atoms with Crippen molar-refractivity contribution in [2.45, 2.75) is 0 Å². The van der Waals surface area contributed by atoms with Crippen LogP contribution in [0.1, 0.15) is 30.5 Å². The lowest BCUT2D eigenvalue weighted by Gasteiger charge is -2.09. The van der Waals surface area contributed by atoms with Crippen LogP contribution in [0, 0.1) is 0 Å². The maximum atomic E-state index is 12.8. The Morgan fingerprint density at radius 2 is 1.87 bits per heavy atom. The lowest BCUT2D eigenvalue weighted by molar-refractivity contribution is 0.0594. The minimum absolute atomic E-state index is 0.277. The Morgan fingerprint density at radius 3 is 2.65 bits per heavy atom. The van der Waals surface area contributed by atoms with E-state index in [-0.39, 0.29) is 5.91 Å². The molecule has 0 fully saturated rings. The maximum Gasteiger partial charge on any atom is 0.354 e. The summed E-state index contributed by atoms with van der Waals surface area (Å²) in [6.45, 7) is 0. The SMILES string of the molecule is COC(=O)c1cc(-c2csc(NC(=O)c3ccccc3NC(=O)c3cccs3)n2)c[nH]1. The highest BCUT2D eigenvalue weighted by Gasteiger charge is 2.17. The summed E-state index contributed by atoms with van der Waals surface area (Å²) in [5.74, 6) is -1.15. The van der Waals surface area contributed by atoms with Crippen LogP contribution in [0.3, 0.4) is 0 Å². The van der Waals surface area contributed by atoms with E-state index in [0.29, 0.717) is 38.2 Å². The molecule has 8 nitrogen and oxygen atoms in total. The Bertz CT molecular complexity index is 1240. The number of hydrogen-bond donors (Lipinski definition) is 3. The number of methoxy groups -OCH3 is 1. The molecule has 31 heavy (non-hydrogen) atoms. The normalized spacial score (nSPS) is 10.5. The number of ether oxygens (including phenoxy) is 1. The second-order valence-electron chi connectivity index (χ2n) is 6.26. The van der Waals surface area contributed by atoms with Crippen LogP contribution >= 0.6 is 22.7 Å². The molecule has 2 amide bonds. The first-order valence-corrected chi connectivity index (χ1v) is 10.8. The zero-order chi connectivity index (χ0) is 21.8. The number of aromatic amines is 1. The van der Waals surface area contributed by atoms with E-state index >= 15 is 0 Å². The van der Waals surface area contributed by atoms with E-state index in [0.717, 1.165) is 0 Å². The van der Waals surface area contributed by atoms with Crippen molar-refractivity contribution in [3.05, 3.63) is 75.6 Å². The van der Waals surface area contributed by atoms with E-state index in [9.17, 15) is 14.4 Å². The van der Waals surface area contributed by atoms with Gasteiger partial charge in [0.2, 0.25) is 0 Å². The smallest absolute Gasteiger partial charge is 0.354 e. The Kier molecular flexibility index (Phi) is 5.92. The fourth-order valence-electron chi connectivity index (χ4n) is 2.78. The lowest BCUT2D eigenvalue weighted by Crippen LogP contribution is -2.17. The molecular weight excluding hydrogens is 436 g/mol. The number of H-pyrrole nitrogens is 1. The summed E-state index contributed by atoms with van der Waals surface area (Å²) in [4.78, 5) is 44.6. The fraction of sp³-hybridized carbons (Fsp3) is 0.0476. The van der Waals surface area contributed by atoms with E-state index in [2.05, 4.69) is 25.3 Å². The van der Waals surface area contributed by atoms with Gasteiger partial charge in [-0.25, -0.2) is 9.78 Å². The first-order chi connectivity index (χ1) is 15.0. The predicted octanol–water partition coefficient (Wildman–Crippen LogP) is 4.49. The van der Waals surface area contributed by atoms with Crippen molar-refractivity contribution in [3.8, 4) is 11.3 Å². The van der Waals surface area contributed by atoms with Gasteiger partial charge in [-0.3, -0.25) is 14.9 Å². The van der Waals surface area contributed by atoms with Gasteiger partial charge in [0.05, 0.1) is 28.9 Å². The number of thiophene rings is 1. The third-order valence-corrected chi connectivity index (χ3v) is 5.90. The summed E-state index contributed by atoms with van der Waals surface area (Å²) in [7, 11) is 1.31. The quantitative estimate of drug-likeness (QED) is 0.373. The van der Waals surface area contributed by atoms with Crippen molar-refractivity contribution in [1.29, 1.82) is 0 Å². The number of amides is 2. The molecule has 0 aliphatic heterocycles. The van der Waals surface area contributed by atoms with Crippen LogP contribution in [0.15, 0.2) is 59.4 Å². The van der Waals surface area contributed by atoms with Crippen molar-refractivity contribution in [2.24, 2.45) is 0 Å². The Morgan fingerprint density at radius 1 is 1.03 bits per heavy atom. The van der Waals surface area contributed by atoms with Crippen LogP contribution in [0.5, 0.6) is 0 Å².